The van der Waals surface area contributed by atoms with Crippen molar-refractivity contribution in [2.75, 3.05) is 13.1 Å². The van der Waals surface area contributed by atoms with Crippen molar-refractivity contribution in [1.82, 2.24) is 14.5 Å². The van der Waals surface area contributed by atoms with Crippen molar-refractivity contribution in [3.8, 4) is 33.6 Å². The number of piperidine rings is 1. The van der Waals surface area contributed by atoms with E-state index in [0.29, 0.717) is 51.2 Å². The first-order valence-electron chi connectivity index (χ1n) is 15.1. The third kappa shape index (κ3) is 6.18. The molecule has 1 aliphatic rings. The molecule has 0 bridgehead atoms. The van der Waals surface area contributed by atoms with Gasteiger partial charge >= 0.3 is 0 Å². The van der Waals surface area contributed by atoms with Crippen molar-refractivity contribution in [2.45, 2.75) is 66.2 Å². The number of aromatic nitrogens is 2. The Morgan fingerprint density at radius 3 is 2.28 bits per heavy atom. The zero-order valence-corrected chi connectivity index (χ0v) is 26.8. The molecule has 43 heavy (non-hydrogen) atoms. The summed E-state index contributed by atoms with van der Waals surface area (Å²) in [6.07, 6.45) is 5.11. The molecule has 222 valence electrons. The number of carbonyl (C=O) groups is 1. The van der Waals surface area contributed by atoms with E-state index >= 15 is 0 Å². The minimum atomic E-state index is -0.220. The highest BCUT2D eigenvalue weighted by molar-refractivity contribution is 7.16. The highest BCUT2D eigenvalue weighted by Crippen LogP contribution is 2.35. The predicted molar refractivity (Wildman–Crippen MR) is 175 cm³/mol. The molecule has 1 saturated heterocycles. The second-order valence-corrected chi connectivity index (χ2v) is 12.9. The molecule has 1 amide bonds. The van der Waals surface area contributed by atoms with Crippen LogP contribution < -0.4 is 5.56 Å². The third-order valence-electron chi connectivity index (χ3n) is 8.04. The summed E-state index contributed by atoms with van der Waals surface area (Å²) in [7, 11) is 0. The molecule has 2 aromatic heterocycles. The summed E-state index contributed by atoms with van der Waals surface area (Å²) >= 11 is 7.30. The Kier molecular flexibility index (Phi) is 9.49. The lowest BCUT2D eigenvalue weighted by atomic mass is 9.96. The van der Waals surface area contributed by atoms with Gasteiger partial charge < -0.3 is 4.90 Å². The molecule has 0 N–H and O–H groups in total. The van der Waals surface area contributed by atoms with Crippen LogP contribution in [0.3, 0.4) is 0 Å². The van der Waals surface area contributed by atoms with Gasteiger partial charge in [-0.2, -0.15) is 5.26 Å². The topological polar surface area (TPSA) is 79.0 Å². The molecule has 0 saturated carbocycles. The molecule has 4 aromatic rings. The molecule has 0 unspecified atom stereocenters. The lowest BCUT2D eigenvalue weighted by molar-refractivity contribution is 0.0722. The van der Waals surface area contributed by atoms with Crippen LogP contribution in [0.1, 0.15) is 79.0 Å². The number of nitrogens with zero attached hydrogens (tertiary/aromatic N) is 4. The zero-order chi connectivity index (χ0) is 30.7. The molecule has 0 spiro atoms. The van der Waals surface area contributed by atoms with Gasteiger partial charge in [-0.15, -0.1) is 11.3 Å². The number of hydrogen-bond donors (Lipinski definition) is 0. The van der Waals surface area contributed by atoms with Crippen LogP contribution in [0.2, 0.25) is 5.02 Å². The number of rotatable bonds is 8. The Morgan fingerprint density at radius 2 is 1.70 bits per heavy atom. The van der Waals surface area contributed by atoms with Gasteiger partial charge in [0.15, 0.2) is 0 Å². The van der Waals surface area contributed by atoms with Crippen molar-refractivity contribution in [2.24, 2.45) is 5.92 Å². The van der Waals surface area contributed by atoms with Gasteiger partial charge in [-0.1, -0.05) is 69.6 Å². The van der Waals surface area contributed by atoms with Gasteiger partial charge in [0.2, 0.25) is 0 Å². The fraction of sp³-hybridized carbons (Fsp3) is 0.371. The molecule has 6 nitrogen and oxygen atoms in total. The normalized spacial score (nSPS) is 13.4. The number of para-hydroxylation sites is 1. The number of hydrogen-bond acceptors (Lipinski definition) is 5. The quantitative estimate of drug-likeness (QED) is 0.201. The van der Waals surface area contributed by atoms with Crippen LogP contribution in [-0.2, 0) is 19.3 Å². The number of halogens is 1. The maximum Gasteiger partial charge on any atom is 0.265 e. The van der Waals surface area contributed by atoms with Gasteiger partial charge in [0.1, 0.15) is 16.0 Å². The van der Waals surface area contributed by atoms with E-state index in [0.717, 1.165) is 60.2 Å². The third-order valence-corrected chi connectivity index (χ3v) is 9.29. The maximum absolute atomic E-state index is 14.8. The number of aryl methyl sites for hydroxylation is 2. The smallest absolute Gasteiger partial charge is 0.265 e. The number of likely N-dealkylation sites (tertiary alicyclic amines) is 1. The van der Waals surface area contributed by atoms with E-state index in [9.17, 15) is 14.9 Å². The van der Waals surface area contributed by atoms with Crippen LogP contribution in [0.4, 0.5) is 0 Å². The molecule has 0 atom stereocenters. The van der Waals surface area contributed by atoms with E-state index in [1.807, 2.05) is 23.1 Å². The van der Waals surface area contributed by atoms with Crippen LogP contribution in [-0.4, -0.2) is 33.4 Å². The van der Waals surface area contributed by atoms with E-state index in [1.165, 1.54) is 11.3 Å². The predicted octanol–water partition coefficient (Wildman–Crippen LogP) is 8.10. The van der Waals surface area contributed by atoms with Gasteiger partial charge in [0.05, 0.1) is 22.5 Å². The highest BCUT2D eigenvalue weighted by Gasteiger charge is 2.29. The number of carbonyl (C=O) groups excluding carboxylic acids is 1. The van der Waals surface area contributed by atoms with E-state index in [4.69, 9.17) is 16.6 Å². The monoisotopic (exact) mass is 612 g/mol. The van der Waals surface area contributed by atoms with Gasteiger partial charge in [-0.05, 0) is 73.8 Å². The summed E-state index contributed by atoms with van der Waals surface area (Å²) in [6.45, 7) is 9.82. The molecular weight excluding hydrogens is 576 g/mol. The number of thiazole rings is 1. The van der Waals surface area contributed by atoms with Crippen molar-refractivity contribution in [1.29, 1.82) is 5.26 Å². The zero-order valence-electron chi connectivity index (χ0n) is 25.2. The maximum atomic E-state index is 14.8. The summed E-state index contributed by atoms with van der Waals surface area (Å²) in [5, 5.41) is 11.1. The van der Waals surface area contributed by atoms with Crippen LogP contribution in [0.25, 0.3) is 27.5 Å². The molecule has 8 heteroatoms. The molecule has 0 radical (unpaired) electrons. The minimum Gasteiger partial charge on any atom is -0.339 e. The summed E-state index contributed by atoms with van der Waals surface area (Å²) < 4.78 is 1.81. The van der Waals surface area contributed by atoms with E-state index in [1.54, 1.807) is 22.8 Å². The number of nitriles is 1. The van der Waals surface area contributed by atoms with Gasteiger partial charge in [-0.3, -0.25) is 14.2 Å². The molecule has 2 aromatic carbocycles. The molecule has 1 fully saturated rings. The Hall–Kier alpha value is -3.73. The van der Waals surface area contributed by atoms with Crippen molar-refractivity contribution in [3.05, 3.63) is 91.2 Å². The van der Waals surface area contributed by atoms with Gasteiger partial charge in [0, 0.05) is 29.4 Å². The standard InChI is InChI=1S/C35H37ClN4O2S/c1-5-23-11-10-12-24(6-2)32(23)40-29(19-22(3)4)27(34(41)39-17-8-7-9-18-39)20-28(35(40)42)33-38-31(30(21-37)43-33)25-13-15-26(36)16-14-25/h10-16,20,22H,5-9,17-19H2,1-4H3. The largest absolute Gasteiger partial charge is 0.339 e. The van der Waals surface area contributed by atoms with Crippen LogP contribution in [0.15, 0.2) is 53.3 Å². The van der Waals surface area contributed by atoms with Crippen LogP contribution in [0, 0.1) is 17.2 Å². The van der Waals surface area contributed by atoms with Gasteiger partial charge in [0.25, 0.3) is 11.5 Å². The first-order chi connectivity index (χ1) is 20.8. The molecular formula is C35H37ClN4O2S. The Bertz CT molecular complexity index is 1720. The fourth-order valence-corrected chi connectivity index (χ4v) is 6.92. The lowest BCUT2D eigenvalue weighted by Crippen LogP contribution is -2.38. The highest BCUT2D eigenvalue weighted by atomic mass is 35.5. The Morgan fingerprint density at radius 1 is 1.05 bits per heavy atom. The van der Waals surface area contributed by atoms with Crippen LogP contribution >= 0.6 is 22.9 Å². The second-order valence-electron chi connectivity index (χ2n) is 11.5. The first kappa shape index (κ1) is 30.7. The van der Waals surface area contributed by atoms with Gasteiger partial charge in [-0.25, -0.2) is 4.98 Å². The summed E-state index contributed by atoms with van der Waals surface area (Å²) in [5.74, 6) is 0.164. The first-order valence-corrected chi connectivity index (χ1v) is 16.3. The minimum absolute atomic E-state index is 0.0487. The molecule has 1 aliphatic heterocycles. The molecule has 3 heterocycles. The average molecular weight is 613 g/mol. The van der Waals surface area contributed by atoms with E-state index in [2.05, 4.69) is 45.9 Å². The lowest BCUT2D eigenvalue weighted by Gasteiger charge is -2.29. The van der Waals surface area contributed by atoms with Crippen LogP contribution in [0.5, 0.6) is 0 Å². The molecule has 5 rings (SSSR count). The van der Waals surface area contributed by atoms with Crippen molar-refractivity contribution < 1.29 is 4.79 Å². The van der Waals surface area contributed by atoms with E-state index < -0.39 is 0 Å². The fourth-order valence-electron chi connectivity index (χ4n) is 5.90. The Balaban J connectivity index is 1.85. The summed E-state index contributed by atoms with van der Waals surface area (Å²) in [6, 6.07) is 17.3. The summed E-state index contributed by atoms with van der Waals surface area (Å²) in [4.78, 5) is 36.2. The second kappa shape index (κ2) is 13.3. The average Bonchev–Trinajstić information content (AvgIpc) is 3.45. The van der Waals surface area contributed by atoms with Crippen molar-refractivity contribution >= 4 is 28.8 Å². The van der Waals surface area contributed by atoms with Crippen molar-refractivity contribution in [3.63, 3.8) is 0 Å². The van der Waals surface area contributed by atoms with E-state index in [-0.39, 0.29) is 17.4 Å². The number of amides is 1. The number of pyridine rings is 1. The summed E-state index contributed by atoms with van der Waals surface area (Å²) in [5.41, 5.74) is 5.61. The molecule has 0 aliphatic carbocycles. The SMILES string of the molecule is CCc1cccc(CC)c1-n1c(CC(C)C)c(C(=O)N2CCCCC2)cc(-c2nc(-c3ccc(Cl)cc3)c(C#N)s2)c1=O. The Labute approximate surface area is 262 Å². The number of benzene rings is 2.